The van der Waals surface area contributed by atoms with Crippen molar-refractivity contribution in [1.29, 1.82) is 0 Å². The number of hydrogen-bond donors (Lipinski definition) is 0. The highest BCUT2D eigenvalue weighted by Crippen LogP contribution is 2.45. The van der Waals surface area contributed by atoms with Gasteiger partial charge in [-0.3, -0.25) is 9.48 Å². The number of aromatic nitrogens is 5. The highest BCUT2D eigenvalue weighted by molar-refractivity contribution is 5.91. The summed E-state index contributed by atoms with van der Waals surface area (Å²) in [5.41, 5.74) is 2.74. The summed E-state index contributed by atoms with van der Waals surface area (Å²) in [4.78, 5) is 19.9. The largest absolute Gasteiger partial charge is 0.324 e. The molecule has 2 aliphatic heterocycles. The maximum absolute atomic E-state index is 14.0. The van der Waals surface area contributed by atoms with E-state index in [1.165, 1.54) is 21.5 Å². The van der Waals surface area contributed by atoms with Crippen LogP contribution in [0, 0.1) is 30.2 Å². The van der Waals surface area contributed by atoms with E-state index < -0.39 is 17.5 Å². The smallest absolute Gasteiger partial charge is 0.294 e. The molecule has 4 aromatic rings. The molecule has 11 heteroatoms. The molecule has 190 valence electrons. The maximum atomic E-state index is 14.0. The zero-order valence-corrected chi connectivity index (χ0v) is 20.1. The molecular weight excluding hydrogens is 488 g/mol. The summed E-state index contributed by atoms with van der Waals surface area (Å²) in [5.74, 6) is -4.26. The van der Waals surface area contributed by atoms with E-state index in [-0.39, 0.29) is 35.2 Å². The van der Waals surface area contributed by atoms with Crippen molar-refractivity contribution < 1.29 is 22.4 Å². The van der Waals surface area contributed by atoms with Crippen LogP contribution in [0.1, 0.15) is 53.0 Å². The number of piperidine rings is 1. The molecule has 0 aliphatic carbocycles. The summed E-state index contributed by atoms with van der Waals surface area (Å²) >= 11 is 0. The molecule has 6 rings (SSSR count). The third-order valence-corrected chi connectivity index (χ3v) is 7.20. The Kier molecular flexibility index (Phi) is 5.39. The number of amides is 1. The van der Waals surface area contributed by atoms with Crippen LogP contribution in [0.5, 0.6) is 0 Å². The van der Waals surface area contributed by atoms with Crippen LogP contribution in [0.3, 0.4) is 0 Å². The summed E-state index contributed by atoms with van der Waals surface area (Å²) in [6, 6.07) is 7.14. The van der Waals surface area contributed by atoms with E-state index in [2.05, 4.69) is 15.2 Å². The molecule has 2 atom stereocenters. The normalized spacial score (nSPS) is 18.7. The zero-order chi connectivity index (χ0) is 26.0. The monoisotopic (exact) mass is 510 g/mol. The number of carbonyl (C=O) groups excluding carboxylic acids is 1. The summed E-state index contributed by atoms with van der Waals surface area (Å²) in [6.45, 7) is 1.72. The third kappa shape index (κ3) is 3.71. The molecule has 7 nitrogen and oxygen atoms in total. The predicted molar refractivity (Wildman–Crippen MR) is 125 cm³/mol. The first-order valence-corrected chi connectivity index (χ1v) is 12.0. The van der Waals surface area contributed by atoms with Gasteiger partial charge in [0.05, 0.1) is 23.1 Å². The molecule has 2 bridgehead atoms. The average Bonchev–Trinajstić information content (AvgIpc) is 3.41. The predicted octanol–water partition coefficient (Wildman–Crippen LogP) is 4.82. The Hall–Kier alpha value is -4.02. The quantitative estimate of drug-likeness (QED) is 0.293. The maximum Gasteiger partial charge on any atom is 0.294 e. The lowest BCUT2D eigenvalue weighted by Gasteiger charge is -2.44. The lowest BCUT2D eigenvalue weighted by Crippen LogP contribution is -2.50. The fraction of sp³-hybridized carbons (Fsp3) is 0.308. The van der Waals surface area contributed by atoms with E-state index in [0.29, 0.717) is 35.7 Å². The number of aryl methyl sites for hydroxylation is 2. The number of nitrogens with zero attached hydrogens (tertiary/aromatic N) is 6. The zero-order valence-electron chi connectivity index (χ0n) is 20.1. The van der Waals surface area contributed by atoms with Gasteiger partial charge in [0.1, 0.15) is 11.6 Å². The molecule has 0 radical (unpaired) electrons. The highest BCUT2D eigenvalue weighted by atomic mass is 19.2. The van der Waals surface area contributed by atoms with Gasteiger partial charge in [0.25, 0.3) is 5.91 Å². The van der Waals surface area contributed by atoms with Crippen LogP contribution in [0.4, 0.5) is 17.6 Å². The minimum atomic E-state index is -1.52. The van der Waals surface area contributed by atoms with Crippen LogP contribution in [-0.2, 0) is 13.5 Å². The topological polar surface area (TPSA) is 68.8 Å². The standard InChI is InChI=1S/C26H22F4N6O/c1-13-31-25(33-36(13)16-8-6-15(27)7-9-16)26(37)35-17-4-3-5-21(35)23-18(12-17)24(34(2)32-23)14-10-19(28)22(30)20(29)11-14/h6-11,17,21H,3-5,12H2,1-2H3. The third-order valence-electron chi connectivity index (χ3n) is 7.20. The minimum absolute atomic E-state index is 0.0287. The molecular formula is C26H22F4N6O. The van der Waals surface area contributed by atoms with Gasteiger partial charge in [-0.15, -0.1) is 5.10 Å². The molecule has 0 saturated carbocycles. The van der Waals surface area contributed by atoms with E-state index in [4.69, 9.17) is 0 Å². The second-order valence-corrected chi connectivity index (χ2v) is 9.48. The molecule has 2 unspecified atom stereocenters. The molecule has 2 aromatic carbocycles. The number of halogens is 4. The van der Waals surface area contributed by atoms with E-state index in [1.54, 1.807) is 31.0 Å². The van der Waals surface area contributed by atoms with Crippen molar-refractivity contribution in [1.82, 2.24) is 29.4 Å². The average molecular weight is 510 g/mol. The van der Waals surface area contributed by atoms with Crippen molar-refractivity contribution in [3.63, 3.8) is 0 Å². The van der Waals surface area contributed by atoms with Gasteiger partial charge in [-0.2, -0.15) is 5.10 Å². The minimum Gasteiger partial charge on any atom is -0.324 e. The number of carbonyl (C=O) groups is 1. The Labute approximate surface area is 209 Å². The van der Waals surface area contributed by atoms with Gasteiger partial charge in [-0.1, -0.05) is 0 Å². The fourth-order valence-corrected chi connectivity index (χ4v) is 5.63. The Morgan fingerprint density at radius 2 is 1.70 bits per heavy atom. The van der Waals surface area contributed by atoms with E-state index in [1.807, 2.05) is 0 Å². The van der Waals surface area contributed by atoms with Gasteiger partial charge in [-0.25, -0.2) is 27.2 Å². The summed E-state index contributed by atoms with van der Waals surface area (Å²) in [7, 11) is 1.66. The summed E-state index contributed by atoms with van der Waals surface area (Å²) < 4.78 is 58.0. The van der Waals surface area contributed by atoms with Crippen LogP contribution < -0.4 is 0 Å². The van der Waals surface area contributed by atoms with Crippen molar-refractivity contribution in [2.75, 3.05) is 0 Å². The lowest BCUT2D eigenvalue weighted by atomic mass is 9.81. The molecule has 1 saturated heterocycles. The van der Waals surface area contributed by atoms with E-state index in [9.17, 15) is 22.4 Å². The SMILES string of the molecule is Cc1nc(C(=O)N2C3CCCC2c2nn(C)c(-c4cc(F)c(F)c(F)c4)c2C3)nn1-c1ccc(F)cc1. The molecule has 2 aliphatic rings. The molecule has 1 amide bonds. The van der Waals surface area contributed by atoms with Crippen LogP contribution in [0.15, 0.2) is 36.4 Å². The first-order valence-electron chi connectivity index (χ1n) is 12.0. The Morgan fingerprint density at radius 1 is 1.00 bits per heavy atom. The van der Waals surface area contributed by atoms with Gasteiger partial charge >= 0.3 is 0 Å². The van der Waals surface area contributed by atoms with Crippen molar-refractivity contribution in [3.05, 3.63) is 82.6 Å². The van der Waals surface area contributed by atoms with Crippen LogP contribution in [0.2, 0.25) is 0 Å². The summed E-state index contributed by atoms with van der Waals surface area (Å²) in [6.07, 6.45) is 2.72. The van der Waals surface area contributed by atoms with Crippen LogP contribution in [-0.4, -0.2) is 41.4 Å². The molecule has 4 heterocycles. The Bertz CT molecular complexity index is 1520. The Morgan fingerprint density at radius 3 is 2.41 bits per heavy atom. The van der Waals surface area contributed by atoms with Crippen LogP contribution in [0.25, 0.3) is 16.9 Å². The summed E-state index contributed by atoms with van der Waals surface area (Å²) in [5, 5.41) is 9.05. The van der Waals surface area contributed by atoms with Gasteiger partial charge in [0.15, 0.2) is 17.5 Å². The first kappa shape index (κ1) is 23.4. The van der Waals surface area contributed by atoms with Gasteiger partial charge in [0.2, 0.25) is 5.82 Å². The molecule has 1 fully saturated rings. The van der Waals surface area contributed by atoms with Crippen molar-refractivity contribution in [3.8, 4) is 16.9 Å². The Balaban J connectivity index is 1.38. The van der Waals surface area contributed by atoms with Crippen molar-refractivity contribution in [2.24, 2.45) is 7.05 Å². The highest BCUT2D eigenvalue weighted by Gasteiger charge is 2.44. The van der Waals surface area contributed by atoms with Crippen LogP contribution >= 0.6 is 0 Å². The molecule has 0 spiro atoms. The van der Waals surface area contributed by atoms with E-state index in [0.717, 1.165) is 30.5 Å². The molecule has 0 N–H and O–H groups in total. The molecule has 2 aromatic heterocycles. The molecule has 37 heavy (non-hydrogen) atoms. The lowest BCUT2D eigenvalue weighted by molar-refractivity contribution is 0.0379. The number of rotatable bonds is 3. The second-order valence-electron chi connectivity index (χ2n) is 9.48. The second kappa shape index (κ2) is 8.53. The fourth-order valence-electron chi connectivity index (χ4n) is 5.63. The van der Waals surface area contributed by atoms with Gasteiger partial charge in [-0.05, 0) is 69.0 Å². The van der Waals surface area contributed by atoms with Crippen molar-refractivity contribution in [2.45, 2.75) is 44.7 Å². The van der Waals surface area contributed by atoms with Gasteiger partial charge in [0, 0.05) is 24.2 Å². The first-order chi connectivity index (χ1) is 17.7. The number of benzene rings is 2. The van der Waals surface area contributed by atoms with Crippen molar-refractivity contribution >= 4 is 5.91 Å². The van der Waals surface area contributed by atoms with E-state index >= 15 is 0 Å². The number of fused-ring (bicyclic) bond motifs is 4. The van der Waals surface area contributed by atoms with Gasteiger partial charge < -0.3 is 4.90 Å². The number of hydrogen-bond acceptors (Lipinski definition) is 4.